The highest BCUT2D eigenvalue weighted by molar-refractivity contribution is 5.93. The fraction of sp³-hybridized carbons (Fsp3) is 0.0476. The van der Waals surface area contributed by atoms with Crippen LogP contribution in [0.2, 0.25) is 0 Å². The first kappa shape index (κ1) is 16.1. The number of hydrogen-bond acceptors (Lipinski definition) is 3. The predicted molar refractivity (Wildman–Crippen MR) is 96.0 cm³/mol. The highest BCUT2D eigenvalue weighted by atomic mass is 19.1. The zero-order valence-corrected chi connectivity index (χ0v) is 13.8. The zero-order chi connectivity index (χ0) is 18.3. The van der Waals surface area contributed by atoms with E-state index in [0.29, 0.717) is 39.6 Å². The van der Waals surface area contributed by atoms with Gasteiger partial charge in [0.25, 0.3) is 6.47 Å². The number of carbonyl (C=O) groups is 1. The fourth-order valence-electron chi connectivity index (χ4n) is 3.16. The second-order valence-corrected chi connectivity index (χ2v) is 5.97. The Hall–Kier alpha value is -3.34. The number of ether oxygens (including phenoxy) is 1. The molecule has 3 nitrogen and oxygen atoms in total. The van der Waals surface area contributed by atoms with E-state index in [4.69, 9.17) is 4.74 Å². The standard InChI is InChI=1S/C21H13F2NO2/c1-12-20(14-6-5-13-3-2-4-18(23)16(13)9-14)24-19-8-7-15(22)10-17(19)21(12)26-11-25/h2-11H,1H3. The average Bonchev–Trinajstić information content (AvgIpc) is 2.64. The molecule has 5 heteroatoms. The van der Waals surface area contributed by atoms with Gasteiger partial charge in [0.05, 0.1) is 11.2 Å². The normalized spacial score (nSPS) is 11.0. The second kappa shape index (κ2) is 6.19. The zero-order valence-electron chi connectivity index (χ0n) is 13.8. The van der Waals surface area contributed by atoms with Crippen LogP contribution in [0.25, 0.3) is 32.9 Å². The van der Waals surface area contributed by atoms with Crippen molar-refractivity contribution < 1.29 is 18.3 Å². The molecule has 1 heterocycles. The second-order valence-electron chi connectivity index (χ2n) is 5.97. The molecule has 0 aliphatic carbocycles. The van der Waals surface area contributed by atoms with Crippen LogP contribution in [0.15, 0.2) is 54.6 Å². The van der Waals surface area contributed by atoms with Crippen LogP contribution in [0.3, 0.4) is 0 Å². The van der Waals surface area contributed by atoms with E-state index < -0.39 is 5.82 Å². The topological polar surface area (TPSA) is 39.2 Å². The van der Waals surface area contributed by atoms with Gasteiger partial charge in [0.1, 0.15) is 17.4 Å². The number of benzene rings is 3. The lowest BCUT2D eigenvalue weighted by Gasteiger charge is -2.13. The van der Waals surface area contributed by atoms with Gasteiger partial charge in [-0.1, -0.05) is 24.3 Å². The lowest BCUT2D eigenvalue weighted by Crippen LogP contribution is -1.99. The van der Waals surface area contributed by atoms with Gasteiger partial charge in [-0.2, -0.15) is 0 Å². The summed E-state index contributed by atoms with van der Waals surface area (Å²) >= 11 is 0. The van der Waals surface area contributed by atoms with E-state index in [1.807, 2.05) is 18.2 Å². The monoisotopic (exact) mass is 349 g/mol. The first-order valence-corrected chi connectivity index (χ1v) is 7.97. The molecule has 0 spiro atoms. The van der Waals surface area contributed by atoms with E-state index in [1.54, 1.807) is 19.1 Å². The number of aromatic nitrogens is 1. The molecule has 0 radical (unpaired) electrons. The molecule has 0 aliphatic rings. The van der Waals surface area contributed by atoms with E-state index in [0.717, 1.165) is 5.39 Å². The molecule has 0 fully saturated rings. The molecule has 1 aromatic heterocycles. The summed E-state index contributed by atoms with van der Waals surface area (Å²) in [7, 11) is 0. The van der Waals surface area contributed by atoms with Crippen LogP contribution in [-0.2, 0) is 4.79 Å². The van der Waals surface area contributed by atoms with Crippen molar-refractivity contribution in [2.75, 3.05) is 0 Å². The molecular formula is C21H13F2NO2. The first-order chi connectivity index (χ1) is 12.6. The molecule has 0 bridgehead atoms. The van der Waals surface area contributed by atoms with Crippen molar-refractivity contribution in [3.8, 4) is 17.0 Å². The van der Waals surface area contributed by atoms with Gasteiger partial charge >= 0.3 is 0 Å². The molecule has 0 amide bonds. The molecule has 0 N–H and O–H groups in total. The quantitative estimate of drug-likeness (QED) is 0.479. The number of carbonyl (C=O) groups excluding carboxylic acids is 1. The van der Waals surface area contributed by atoms with Crippen LogP contribution in [0, 0.1) is 18.6 Å². The van der Waals surface area contributed by atoms with Gasteiger partial charge in [0, 0.05) is 21.9 Å². The summed E-state index contributed by atoms with van der Waals surface area (Å²) in [6.07, 6.45) is 0. The summed E-state index contributed by atoms with van der Waals surface area (Å²) in [4.78, 5) is 15.5. The van der Waals surface area contributed by atoms with Crippen molar-refractivity contribution in [3.63, 3.8) is 0 Å². The summed E-state index contributed by atoms with van der Waals surface area (Å²) in [5.74, 6) is -0.530. The van der Waals surface area contributed by atoms with E-state index in [1.165, 1.54) is 24.3 Å². The van der Waals surface area contributed by atoms with E-state index in [2.05, 4.69) is 4.98 Å². The molecule has 0 saturated carbocycles. The third-order valence-electron chi connectivity index (χ3n) is 4.40. The number of nitrogens with zero attached hydrogens (tertiary/aromatic N) is 1. The molecular weight excluding hydrogens is 336 g/mol. The van der Waals surface area contributed by atoms with Crippen LogP contribution in [0.5, 0.6) is 5.75 Å². The summed E-state index contributed by atoms with van der Waals surface area (Å²) in [6.45, 7) is 2.04. The minimum atomic E-state index is -0.449. The Morgan fingerprint density at radius 3 is 2.65 bits per heavy atom. The summed E-state index contributed by atoms with van der Waals surface area (Å²) in [5, 5.41) is 1.66. The Morgan fingerprint density at radius 2 is 1.85 bits per heavy atom. The molecule has 0 unspecified atom stereocenters. The number of rotatable bonds is 3. The smallest absolute Gasteiger partial charge is 0.298 e. The number of fused-ring (bicyclic) bond motifs is 2. The van der Waals surface area contributed by atoms with Crippen molar-refractivity contribution in [3.05, 3.63) is 71.8 Å². The van der Waals surface area contributed by atoms with Gasteiger partial charge in [-0.3, -0.25) is 4.79 Å². The van der Waals surface area contributed by atoms with E-state index in [-0.39, 0.29) is 11.6 Å². The maximum absolute atomic E-state index is 14.1. The van der Waals surface area contributed by atoms with Crippen molar-refractivity contribution in [2.24, 2.45) is 0 Å². The largest absolute Gasteiger partial charge is 0.428 e. The van der Waals surface area contributed by atoms with Crippen LogP contribution in [-0.4, -0.2) is 11.5 Å². The Balaban J connectivity index is 2.02. The molecule has 3 aromatic carbocycles. The molecule has 4 rings (SSSR count). The first-order valence-electron chi connectivity index (χ1n) is 7.97. The Labute approximate surface area is 147 Å². The Morgan fingerprint density at radius 1 is 1.00 bits per heavy atom. The van der Waals surface area contributed by atoms with Gasteiger partial charge in [0.2, 0.25) is 0 Å². The average molecular weight is 349 g/mol. The third-order valence-corrected chi connectivity index (χ3v) is 4.40. The SMILES string of the molecule is Cc1c(-c2ccc3cccc(F)c3c2)nc2ccc(F)cc2c1OC=O. The molecule has 0 saturated heterocycles. The molecule has 0 atom stereocenters. The molecule has 0 aliphatic heterocycles. The van der Waals surface area contributed by atoms with Crippen LogP contribution < -0.4 is 4.74 Å². The summed E-state index contributed by atoms with van der Waals surface area (Å²) in [6, 6.07) is 14.3. The third kappa shape index (κ3) is 2.58. The fourth-order valence-corrected chi connectivity index (χ4v) is 3.16. The van der Waals surface area contributed by atoms with Crippen LogP contribution in [0.1, 0.15) is 5.56 Å². The molecule has 4 aromatic rings. The molecule has 128 valence electrons. The van der Waals surface area contributed by atoms with Crippen molar-refractivity contribution in [1.82, 2.24) is 4.98 Å². The Kier molecular flexibility index (Phi) is 3.84. The summed E-state index contributed by atoms with van der Waals surface area (Å²) < 4.78 is 32.9. The highest BCUT2D eigenvalue weighted by Gasteiger charge is 2.16. The van der Waals surface area contributed by atoms with Crippen molar-refractivity contribution in [2.45, 2.75) is 6.92 Å². The lowest BCUT2D eigenvalue weighted by atomic mass is 9.99. The van der Waals surface area contributed by atoms with Gasteiger partial charge < -0.3 is 4.74 Å². The van der Waals surface area contributed by atoms with Gasteiger partial charge in [-0.05, 0) is 42.6 Å². The van der Waals surface area contributed by atoms with Crippen molar-refractivity contribution in [1.29, 1.82) is 0 Å². The molecule has 26 heavy (non-hydrogen) atoms. The highest BCUT2D eigenvalue weighted by Crippen LogP contribution is 2.36. The summed E-state index contributed by atoms with van der Waals surface area (Å²) in [5.41, 5.74) is 2.29. The van der Waals surface area contributed by atoms with Crippen molar-refractivity contribution >= 4 is 28.1 Å². The van der Waals surface area contributed by atoms with Gasteiger partial charge in [-0.25, -0.2) is 13.8 Å². The van der Waals surface area contributed by atoms with Crippen LogP contribution >= 0.6 is 0 Å². The lowest BCUT2D eigenvalue weighted by molar-refractivity contribution is -0.120. The van der Waals surface area contributed by atoms with Crippen LogP contribution in [0.4, 0.5) is 8.78 Å². The minimum Gasteiger partial charge on any atom is -0.428 e. The maximum Gasteiger partial charge on any atom is 0.298 e. The Bertz CT molecular complexity index is 1170. The maximum atomic E-state index is 14.1. The number of pyridine rings is 1. The van der Waals surface area contributed by atoms with Gasteiger partial charge in [-0.15, -0.1) is 0 Å². The van der Waals surface area contributed by atoms with E-state index >= 15 is 0 Å². The number of halogens is 2. The van der Waals surface area contributed by atoms with Gasteiger partial charge in [0.15, 0.2) is 0 Å². The van der Waals surface area contributed by atoms with E-state index in [9.17, 15) is 13.6 Å². The minimum absolute atomic E-state index is 0.244. The number of hydrogen-bond donors (Lipinski definition) is 0. The predicted octanol–water partition coefficient (Wildman–Crippen LogP) is 5.18.